The van der Waals surface area contributed by atoms with Gasteiger partial charge in [-0.05, 0) is 36.1 Å². The first-order valence-electron chi connectivity index (χ1n) is 7.34. The van der Waals surface area contributed by atoms with Crippen molar-refractivity contribution in [1.82, 2.24) is 0 Å². The van der Waals surface area contributed by atoms with Gasteiger partial charge in [-0.3, -0.25) is 0 Å². The molecule has 0 saturated carbocycles. The maximum atomic E-state index is 5.64. The van der Waals surface area contributed by atoms with Crippen LogP contribution in [0.25, 0.3) is 33.0 Å². The van der Waals surface area contributed by atoms with E-state index >= 15 is 0 Å². The van der Waals surface area contributed by atoms with Crippen molar-refractivity contribution in [3.63, 3.8) is 0 Å². The van der Waals surface area contributed by atoms with Crippen molar-refractivity contribution in [2.45, 2.75) is 16.7 Å². The van der Waals surface area contributed by atoms with E-state index < -0.39 is 0 Å². The summed E-state index contributed by atoms with van der Waals surface area (Å²) in [4.78, 5) is 2.60. The minimum Gasteiger partial charge on any atom is -0.464 e. The number of benzene rings is 2. The molecule has 0 radical (unpaired) electrons. The molecular formula is C19H14NOS+. The first-order valence-corrected chi connectivity index (χ1v) is 8.16. The Bertz CT molecular complexity index is 1080. The van der Waals surface area contributed by atoms with E-state index in [0.29, 0.717) is 0 Å². The molecule has 0 saturated heterocycles. The van der Waals surface area contributed by atoms with Crippen molar-refractivity contribution in [3.05, 3.63) is 54.4 Å². The second-order valence-corrected chi connectivity index (χ2v) is 6.89. The maximum absolute atomic E-state index is 5.64. The summed E-state index contributed by atoms with van der Waals surface area (Å²) in [5.41, 5.74) is 4.91. The average Bonchev–Trinajstić information content (AvgIpc) is 2.99. The fourth-order valence-electron chi connectivity index (χ4n) is 3.52. The molecule has 2 aromatic carbocycles. The molecule has 1 aliphatic rings. The third-order valence-corrected chi connectivity index (χ3v) is 5.67. The summed E-state index contributed by atoms with van der Waals surface area (Å²) in [7, 11) is 2.13. The molecule has 4 aromatic rings. The zero-order valence-electron chi connectivity index (χ0n) is 12.4. The summed E-state index contributed by atoms with van der Waals surface area (Å²) in [6.07, 6.45) is 3.93. The molecule has 0 spiro atoms. The first kappa shape index (κ1) is 12.3. The monoisotopic (exact) mass is 304 g/mol. The zero-order valence-corrected chi connectivity index (χ0v) is 13.2. The highest BCUT2D eigenvalue weighted by Gasteiger charge is 2.29. The van der Waals surface area contributed by atoms with Gasteiger partial charge in [-0.2, -0.15) is 0 Å². The summed E-state index contributed by atoms with van der Waals surface area (Å²) in [5, 5.41) is 3.86. The van der Waals surface area contributed by atoms with Crippen molar-refractivity contribution < 1.29 is 8.98 Å². The molecule has 3 heteroatoms. The van der Waals surface area contributed by atoms with Crippen molar-refractivity contribution in [1.29, 1.82) is 0 Å². The number of rotatable bonds is 0. The van der Waals surface area contributed by atoms with Gasteiger partial charge in [0.2, 0.25) is 5.69 Å². The van der Waals surface area contributed by atoms with Crippen LogP contribution in [0.1, 0.15) is 5.56 Å². The molecule has 0 bridgehead atoms. The van der Waals surface area contributed by atoms with Gasteiger partial charge in [-0.15, -0.1) is 0 Å². The first-order chi connectivity index (χ1) is 10.7. The molecule has 0 atom stereocenters. The van der Waals surface area contributed by atoms with Crippen LogP contribution >= 0.6 is 11.8 Å². The number of aryl methyl sites for hydroxylation is 2. The van der Waals surface area contributed by atoms with Gasteiger partial charge >= 0.3 is 0 Å². The lowest BCUT2D eigenvalue weighted by molar-refractivity contribution is -0.659. The van der Waals surface area contributed by atoms with E-state index in [-0.39, 0.29) is 0 Å². The number of furan rings is 1. The van der Waals surface area contributed by atoms with Crippen LogP contribution in [0.5, 0.6) is 0 Å². The van der Waals surface area contributed by atoms with Crippen LogP contribution < -0.4 is 4.57 Å². The molecule has 5 rings (SSSR count). The van der Waals surface area contributed by atoms with Crippen LogP contribution in [0.3, 0.4) is 0 Å². The Kier molecular flexibility index (Phi) is 2.32. The van der Waals surface area contributed by atoms with Crippen molar-refractivity contribution in [2.24, 2.45) is 7.05 Å². The Labute approximate surface area is 132 Å². The topological polar surface area (TPSA) is 17.0 Å². The van der Waals surface area contributed by atoms with Crippen molar-refractivity contribution in [3.8, 4) is 11.3 Å². The van der Waals surface area contributed by atoms with E-state index in [1.807, 2.05) is 11.8 Å². The molecule has 106 valence electrons. The lowest BCUT2D eigenvalue weighted by Gasteiger charge is -2.19. The van der Waals surface area contributed by atoms with E-state index in [0.717, 1.165) is 5.58 Å². The van der Waals surface area contributed by atoms with Crippen molar-refractivity contribution >= 4 is 33.5 Å². The molecule has 3 heterocycles. The zero-order chi connectivity index (χ0) is 14.8. The minimum absolute atomic E-state index is 0.970. The number of hydrogen-bond donors (Lipinski definition) is 0. The molecular weight excluding hydrogens is 290 g/mol. The molecule has 0 N–H and O–H groups in total. The fourth-order valence-corrected chi connectivity index (χ4v) is 4.73. The Balaban J connectivity index is 2.04. The molecule has 2 aromatic heterocycles. The molecule has 0 aliphatic carbocycles. The van der Waals surface area contributed by atoms with Gasteiger partial charge < -0.3 is 4.42 Å². The van der Waals surface area contributed by atoms with E-state index in [9.17, 15) is 0 Å². The van der Waals surface area contributed by atoms with Gasteiger partial charge in [-0.1, -0.05) is 23.9 Å². The predicted octanol–water partition coefficient (Wildman–Crippen LogP) is 4.85. The van der Waals surface area contributed by atoms with Gasteiger partial charge in [0.1, 0.15) is 12.6 Å². The van der Waals surface area contributed by atoms with Crippen LogP contribution in [0, 0.1) is 6.92 Å². The molecule has 0 amide bonds. The third kappa shape index (κ3) is 1.44. The standard InChI is InChI=1S/C19H14NOS/c1-11-13-7-9-21-14(13)10-16-17(11)19-18-12(6-8-20(19)2)4-3-5-15(18)22-16/h3-10H,1-2H3/q+1. The summed E-state index contributed by atoms with van der Waals surface area (Å²) >= 11 is 1.84. The van der Waals surface area contributed by atoms with Crippen LogP contribution in [0.4, 0.5) is 0 Å². The molecule has 2 nitrogen and oxygen atoms in total. The van der Waals surface area contributed by atoms with Crippen LogP contribution in [0.2, 0.25) is 0 Å². The number of pyridine rings is 1. The maximum Gasteiger partial charge on any atom is 0.222 e. The molecule has 0 unspecified atom stereocenters. The van der Waals surface area contributed by atoms with E-state index in [1.54, 1.807) is 6.26 Å². The van der Waals surface area contributed by atoms with E-state index in [1.165, 1.54) is 42.8 Å². The average molecular weight is 304 g/mol. The van der Waals surface area contributed by atoms with Gasteiger partial charge in [0.25, 0.3) is 0 Å². The quantitative estimate of drug-likeness (QED) is 0.380. The Morgan fingerprint density at radius 3 is 2.91 bits per heavy atom. The summed E-state index contributed by atoms with van der Waals surface area (Å²) in [6.45, 7) is 2.20. The number of aromatic nitrogens is 1. The molecule has 0 fully saturated rings. The lowest BCUT2D eigenvalue weighted by Crippen LogP contribution is -2.31. The number of nitrogens with zero attached hydrogens (tertiary/aromatic N) is 1. The van der Waals surface area contributed by atoms with Gasteiger partial charge in [0.05, 0.1) is 17.2 Å². The highest BCUT2D eigenvalue weighted by atomic mass is 32.2. The van der Waals surface area contributed by atoms with Crippen molar-refractivity contribution in [2.75, 3.05) is 0 Å². The smallest absolute Gasteiger partial charge is 0.222 e. The second-order valence-electron chi connectivity index (χ2n) is 5.80. The minimum atomic E-state index is 0.970. The third-order valence-electron chi connectivity index (χ3n) is 4.57. The largest absolute Gasteiger partial charge is 0.464 e. The lowest BCUT2D eigenvalue weighted by atomic mass is 9.97. The number of fused-ring (bicyclic) bond motifs is 3. The van der Waals surface area contributed by atoms with E-state index in [2.05, 4.69) is 61.1 Å². The Morgan fingerprint density at radius 1 is 1.09 bits per heavy atom. The predicted molar refractivity (Wildman–Crippen MR) is 89.2 cm³/mol. The van der Waals surface area contributed by atoms with Gasteiger partial charge in [-0.25, -0.2) is 4.57 Å². The Morgan fingerprint density at radius 2 is 2.00 bits per heavy atom. The van der Waals surface area contributed by atoms with Gasteiger partial charge in [0, 0.05) is 21.2 Å². The second kappa shape index (κ2) is 4.14. The Hall–Kier alpha value is -2.26. The SMILES string of the molecule is Cc1c2c(cc3occc13)Sc1cccc3cc[n+](C)c-2c13. The van der Waals surface area contributed by atoms with Crippen LogP contribution in [-0.2, 0) is 7.05 Å². The van der Waals surface area contributed by atoms with Gasteiger partial charge in [0.15, 0.2) is 6.20 Å². The van der Waals surface area contributed by atoms with Crippen LogP contribution in [-0.4, -0.2) is 0 Å². The summed E-state index contributed by atoms with van der Waals surface area (Å²) < 4.78 is 7.88. The molecule has 22 heavy (non-hydrogen) atoms. The number of hydrogen-bond acceptors (Lipinski definition) is 2. The highest BCUT2D eigenvalue weighted by molar-refractivity contribution is 7.99. The highest BCUT2D eigenvalue weighted by Crippen LogP contribution is 2.49. The van der Waals surface area contributed by atoms with Crippen LogP contribution in [0.15, 0.2) is 63.1 Å². The molecule has 1 aliphatic heterocycles. The summed E-state index contributed by atoms with van der Waals surface area (Å²) in [6, 6.07) is 13.0. The van der Waals surface area contributed by atoms with E-state index in [4.69, 9.17) is 4.42 Å². The normalized spacial score (nSPS) is 12.8. The summed E-state index contributed by atoms with van der Waals surface area (Å²) in [5.74, 6) is 0. The fraction of sp³-hybridized carbons (Fsp3) is 0.105.